The molecular formula is C23H21FN4O2S. The molecule has 1 aliphatic rings. The summed E-state index contributed by atoms with van der Waals surface area (Å²) in [6, 6.07) is 15.5. The van der Waals surface area contributed by atoms with Crippen molar-refractivity contribution in [2.45, 2.75) is 6.54 Å². The number of para-hydroxylation sites is 2. The highest BCUT2D eigenvalue weighted by molar-refractivity contribution is 7.22. The van der Waals surface area contributed by atoms with Crippen molar-refractivity contribution in [3.05, 3.63) is 76.6 Å². The first-order valence-electron chi connectivity index (χ1n) is 10.1. The number of rotatable bonds is 4. The van der Waals surface area contributed by atoms with Gasteiger partial charge >= 0.3 is 0 Å². The molecule has 1 saturated heterocycles. The van der Waals surface area contributed by atoms with Crippen molar-refractivity contribution in [2.75, 3.05) is 31.1 Å². The van der Waals surface area contributed by atoms with E-state index in [1.807, 2.05) is 24.3 Å². The number of aromatic nitrogens is 2. The second-order valence-corrected chi connectivity index (χ2v) is 8.65. The zero-order valence-electron chi connectivity index (χ0n) is 16.7. The molecule has 31 heavy (non-hydrogen) atoms. The van der Waals surface area contributed by atoms with E-state index in [0.717, 1.165) is 42.3 Å². The smallest absolute Gasteiger partial charge is 0.268 e. The first kappa shape index (κ1) is 19.7. The molecule has 2 aromatic heterocycles. The van der Waals surface area contributed by atoms with Crippen molar-refractivity contribution in [3.63, 3.8) is 0 Å². The number of halogens is 1. The normalized spacial score (nSPS) is 14.9. The van der Waals surface area contributed by atoms with Gasteiger partial charge in [0.15, 0.2) is 0 Å². The van der Waals surface area contributed by atoms with Crippen molar-refractivity contribution in [2.24, 2.45) is 0 Å². The van der Waals surface area contributed by atoms with Gasteiger partial charge in [-0.1, -0.05) is 24.3 Å². The number of H-pyrrole nitrogens is 1. The molecule has 158 valence electrons. The van der Waals surface area contributed by atoms with Gasteiger partial charge in [0.25, 0.3) is 5.56 Å². The Balaban J connectivity index is 1.31. The number of hydrogen-bond acceptors (Lipinski definition) is 6. The number of aromatic amines is 1. The van der Waals surface area contributed by atoms with Crippen molar-refractivity contribution < 1.29 is 9.50 Å². The molecule has 6 nitrogen and oxygen atoms in total. The van der Waals surface area contributed by atoms with Crippen LogP contribution in [0.25, 0.3) is 20.7 Å². The molecule has 8 heteroatoms. The minimum atomic E-state index is -0.286. The van der Waals surface area contributed by atoms with Gasteiger partial charge in [0.05, 0.1) is 17.7 Å². The fraction of sp³-hybridized carbons (Fsp3) is 0.217. The molecule has 0 aliphatic carbocycles. The molecule has 5 rings (SSSR count). The van der Waals surface area contributed by atoms with Gasteiger partial charge in [-0.15, -0.1) is 11.3 Å². The van der Waals surface area contributed by atoms with Gasteiger partial charge in [-0.3, -0.25) is 9.69 Å². The molecule has 0 spiro atoms. The third kappa shape index (κ3) is 4.04. The van der Waals surface area contributed by atoms with Gasteiger partial charge in [0, 0.05) is 31.1 Å². The van der Waals surface area contributed by atoms with Gasteiger partial charge in [-0.2, -0.15) is 0 Å². The number of anilines is 1. The van der Waals surface area contributed by atoms with Crippen molar-refractivity contribution >= 4 is 27.2 Å². The molecule has 0 bridgehead atoms. The van der Waals surface area contributed by atoms with E-state index in [9.17, 15) is 14.3 Å². The van der Waals surface area contributed by atoms with E-state index in [0.29, 0.717) is 28.3 Å². The molecule has 0 amide bonds. The summed E-state index contributed by atoms with van der Waals surface area (Å²) in [5, 5.41) is 10.1. The second kappa shape index (κ2) is 8.13. The third-order valence-electron chi connectivity index (χ3n) is 5.53. The summed E-state index contributed by atoms with van der Waals surface area (Å²) in [7, 11) is 0. The van der Waals surface area contributed by atoms with E-state index in [2.05, 4.69) is 19.8 Å². The molecule has 0 atom stereocenters. The van der Waals surface area contributed by atoms with Crippen LogP contribution in [0.5, 0.6) is 5.75 Å². The van der Waals surface area contributed by atoms with Gasteiger partial charge in [0.1, 0.15) is 22.1 Å². The Hall–Kier alpha value is -3.23. The Kier molecular flexibility index (Phi) is 5.17. The Morgan fingerprint density at radius 2 is 1.81 bits per heavy atom. The number of phenolic OH excluding ortho intramolecular Hbond substituents is 1. The summed E-state index contributed by atoms with van der Waals surface area (Å²) in [4.78, 5) is 25.5. The van der Waals surface area contributed by atoms with Gasteiger partial charge in [-0.25, -0.2) is 9.37 Å². The number of aromatic hydroxyl groups is 1. The van der Waals surface area contributed by atoms with E-state index in [1.54, 1.807) is 18.2 Å². The van der Waals surface area contributed by atoms with E-state index in [1.165, 1.54) is 23.5 Å². The molecule has 0 unspecified atom stereocenters. The Morgan fingerprint density at radius 3 is 2.55 bits per heavy atom. The minimum Gasteiger partial charge on any atom is -0.506 e. The first-order chi connectivity index (χ1) is 15.1. The summed E-state index contributed by atoms with van der Waals surface area (Å²) in [5.74, 6) is 0.643. The average Bonchev–Trinajstić information content (AvgIpc) is 3.20. The molecule has 2 N–H and O–H groups in total. The number of piperazine rings is 1. The highest BCUT2D eigenvalue weighted by Gasteiger charge is 2.20. The lowest BCUT2D eigenvalue weighted by Gasteiger charge is -2.36. The molecular weight excluding hydrogens is 415 g/mol. The zero-order chi connectivity index (χ0) is 21.4. The van der Waals surface area contributed by atoms with Crippen LogP contribution in [-0.2, 0) is 6.54 Å². The van der Waals surface area contributed by atoms with E-state index in [4.69, 9.17) is 0 Å². The van der Waals surface area contributed by atoms with E-state index < -0.39 is 0 Å². The van der Waals surface area contributed by atoms with Gasteiger partial charge in [0.2, 0.25) is 0 Å². The SMILES string of the molecule is O=c1[nH]c(CN2CCN(c3ccccc3O)CC2)nc2cc(-c3ccc(F)cc3)sc12. The van der Waals surface area contributed by atoms with Crippen molar-refractivity contribution in [1.82, 2.24) is 14.9 Å². The van der Waals surface area contributed by atoms with Crippen LogP contribution in [0, 0.1) is 5.82 Å². The van der Waals surface area contributed by atoms with Crippen LogP contribution >= 0.6 is 11.3 Å². The Bertz CT molecular complexity index is 1280. The topological polar surface area (TPSA) is 72.5 Å². The van der Waals surface area contributed by atoms with E-state index in [-0.39, 0.29) is 11.4 Å². The maximum Gasteiger partial charge on any atom is 0.268 e. The monoisotopic (exact) mass is 436 g/mol. The molecule has 0 saturated carbocycles. The van der Waals surface area contributed by atoms with Gasteiger partial charge in [-0.05, 0) is 35.9 Å². The molecule has 4 aromatic rings. The van der Waals surface area contributed by atoms with Crippen molar-refractivity contribution in [3.8, 4) is 16.2 Å². The number of nitrogens with zero attached hydrogens (tertiary/aromatic N) is 3. The van der Waals surface area contributed by atoms with Crippen LogP contribution in [0.1, 0.15) is 5.82 Å². The van der Waals surface area contributed by atoms with Crippen LogP contribution in [0.2, 0.25) is 0 Å². The Labute approximate surface area is 182 Å². The average molecular weight is 437 g/mol. The largest absolute Gasteiger partial charge is 0.506 e. The standard InChI is InChI=1S/C23H21FN4O2S/c24-16-7-5-15(6-8-16)20-13-17-22(31-20)23(30)26-21(25-17)14-27-9-11-28(12-10-27)18-3-1-2-4-19(18)29/h1-8,13,29H,9-12,14H2,(H,25,26,30). The summed E-state index contributed by atoms with van der Waals surface area (Å²) in [6.07, 6.45) is 0. The molecule has 3 heterocycles. The van der Waals surface area contributed by atoms with E-state index >= 15 is 0 Å². The predicted octanol–water partition coefficient (Wildman–Crippen LogP) is 3.82. The number of nitrogens with one attached hydrogen (secondary N) is 1. The summed E-state index contributed by atoms with van der Waals surface area (Å²) < 4.78 is 13.8. The summed E-state index contributed by atoms with van der Waals surface area (Å²) >= 11 is 1.36. The van der Waals surface area contributed by atoms with Gasteiger partial charge < -0.3 is 15.0 Å². The van der Waals surface area contributed by atoms with Crippen LogP contribution in [0.3, 0.4) is 0 Å². The number of hydrogen-bond donors (Lipinski definition) is 2. The Morgan fingerprint density at radius 1 is 1.06 bits per heavy atom. The summed E-state index contributed by atoms with van der Waals surface area (Å²) in [6.45, 7) is 3.75. The van der Waals surface area contributed by atoms with Crippen LogP contribution in [-0.4, -0.2) is 46.2 Å². The highest BCUT2D eigenvalue weighted by atomic mass is 32.1. The summed E-state index contributed by atoms with van der Waals surface area (Å²) in [5.41, 5.74) is 2.23. The first-order valence-corrected chi connectivity index (χ1v) is 10.9. The van der Waals surface area contributed by atoms with Crippen LogP contribution in [0.15, 0.2) is 59.4 Å². The predicted molar refractivity (Wildman–Crippen MR) is 121 cm³/mol. The molecule has 1 aliphatic heterocycles. The molecule has 0 radical (unpaired) electrons. The zero-order valence-corrected chi connectivity index (χ0v) is 17.5. The fourth-order valence-electron chi connectivity index (χ4n) is 3.91. The quantitative estimate of drug-likeness (QED) is 0.509. The third-order valence-corrected chi connectivity index (χ3v) is 6.70. The molecule has 2 aromatic carbocycles. The van der Waals surface area contributed by atoms with Crippen molar-refractivity contribution in [1.29, 1.82) is 0 Å². The number of thiophene rings is 1. The van der Waals surface area contributed by atoms with Crippen LogP contribution in [0.4, 0.5) is 10.1 Å². The number of fused-ring (bicyclic) bond motifs is 1. The molecule has 1 fully saturated rings. The maximum absolute atomic E-state index is 13.2. The second-order valence-electron chi connectivity index (χ2n) is 7.60. The lowest BCUT2D eigenvalue weighted by atomic mass is 10.2. The number of phenols is 1. The highest BCUT2D eigenvalue weighted by Crippen LogP contribution is 2.31. The lowest BCUT2D eigenvalue weighted by Crippen LogP contribution is -2.46. The fourth-order valence-corrected chi connectivity index (χ4v) is 4.91. The minimum absolute atomic E-state index is 0.147. The maximum atomic E-state index is 13.2. The van der Waals surface area contributed by atoms with Crippen LogP contribution < -0.4 is 10.5 Å². The number of benzene rings is 2. The lowest BCUT2D eigenvalue weighted by molar-refractivity contribution is 0.243.